The molecule has 0 saturated carbocycles. The third-order valence-electron chi connectivity index (χ3n) is 0.752. The molecule has 0 radical (unpaired) electrons. The Morgan fingerprint density at radius 1 is 1.56 bits per heavy atom. The van der Waals surface area contributed by atoms with E-state index >= 15 is 0 Å². The van der Waals surface area contributed by atoms with E-state index in [1.807, 2.05) is 0 Å². The summed E-state index contributed by atoms with van der Waals surface area (Å²) in [5.41, 5.74) is 0. The molecule has 0 bridgehead atoms. The van der Waals surface area contributed by atoms with Crippen molar-refractivity contribution < 1.29 is 19.4 Å². The molecule has 0 amide bonds. The Morgan fingerprint density at radius 3 is 2.44 bits per heavy atom. The predicted molar refractivity (Wildman–Crippen MR) is 28.7 cm³/mol. The van der Waals surface area contributed by atoms with E-state index in [4.69, 9.17) is 5.11 Å². The van der Waals surface area contributed by atoms with Crippen LogP contribution in [0.25, 0.3) is 0 Å². The van der Waals surface area contributed by atoms with Gasteiger partial charge >= 0.3 is 5.97 Å². The highest BCUT2D eigenvalue weighted by Crippen LogP contribution is 1.83. The molecule has 4 heteroatoms. The average Bonchev–Trinajstić information content (AvgIpc) is 1.87. The number of ether oxygens (including phenoxy) is 1. The summed E-state index contributed by atoms with van der Waals surface area (Å²) in [6, 6.07) is 0. The van der Waals surface area contributed by atoms with Crippen LogP contribution in [-0.2, 0) is 14.3 Å². The first-order valence-electron chi connectivity index (χ1n) is 2.44. The van der Waals surface area contributed by atoms with E-state index < -0.39 is 11.8 Å². The normalized spacial score (nSPS) is 8.67. The number of rotatable bonds is 3. The van der Waals surface area contributed by atoms with Gasteiger partial charge in [-0.15, -0.1) is 0 Å². The number of esters is 1. The molecule has 0 aliphatic heterocycles. The summed E-state index contributed by atoms with van der Waals surface area (Å²) in [5.74, 6) is -1.59. The van der Waals surface area contributed by atoms with Crippen molar-refractivity contribution in [1.82, 2.24) is 0 Å². The quantitative estimate of drug-likeness (QED) is 0.399. The van der Waals surface area contributed by atoms with Crippen LogP contribution in [0.3, 0.4) is 0 Å². The monoisotopic (exact) mass is 132 g/mol. The number of ketones is 1. The maximum atomic E-state index is 10.3. The maximum absolute atomic E-state index is 10.3. The number of hydrogen-bond donors (Lipinski definition) is 1. The summed E-state index contributed by atoms with van der Waals surface area (Å²) in [4.78, 5) is 20.6. The lowest BCUT2D eigenvalue weighted by atomic mass is 10.3. The minimum Gasteiger partial charge on any atom is -0.463 e. The average molecular weight is 132 g/mol. The van der Waals surface area contributed by atoms with Crippen molar-refractivity contribution in [1.29, 1.82) is 0 Å². The third-order valence-corrected chi connectivity index (χ3v) is 0.752. The van der Waals surface area contributed by atoms with Gasteiger partial charge in [-0.25, -0.2) is 4.79 Å². The number of carbonyl (C=O) groups is 2. The van der Waals surface area contributed by atoms with E-state index in [2.05, 4.69) is 4.74 Å². The second-order valence-corrected chi connectivity index (χ2v) is 1.39. The van der Waals surface area contributed by atoms with Crippen LogP contribution >= 0.6 is 0 Å². The summed E-state index contributed by atoms with van der Waals surface area (Å²) in [6.45, 7) is -0.312. The fraction of sp³-hybridized carbons (Fsp3) is 0.600. The largest absolute Gasteiger partial charge is 0.463 e. The first-order valence-corrected chi connectivity index (χ1v) is 2.44. The van der Waals surface area contributed by atoms with Crippen molar-refractivity contribution in [3.05, 3.63) is 0 Å². The van der Waals surface area contributed by atoms with Gasteiger partial charge in [-0.2, -0.15) is 0 Å². The zero-order chi connectivity index (χ0) is 7.28. The van der Waals surface area contributed by atoms with E-state index in [0.29, 0.717) is 0 Å². The zero-order valence-electron chi connectivity index (χ0n) is 5.09. The highest BCUT2D eigenvalue weighted by atomic mass is 16.5. The Bertz CT molecular complexity index is 118. The molecule has 0 aromatic heterocycles. The van der Waals surface area contributed by atoms with Gasteiger partial charge in [0.1, 0.15) is 0 Å². The topological polar surface area (TPSA) is 63.6 Å². The Hall–Kier alpha value is -0.900. The van der Waals surface area contributed by atoms with Gasteiger partial charge in [-0.05, 0) is 0 Å². The first-order chi connectivity index (χ1) is 4.22. The molecule has 0 saturated heterocycles. The molecule has 0 aliphatic rings. The van der Waals surface area contributed by atoms with Crippen LogP contribution in [0.15, 0.2) is 0 Å². The van der Waals surface area contributed by atoms with Gasteiger partial charge in [-0.1, -0.05) is 0 Å². The molecule has 0 unspecified atom stereocenters. The van der Waals surface area contributed by atoms with E-state index in [-0.39, 0.29) is 13.0 Å². The molecule has 9 heavy (non-hydrogen) atoms. The van der Waals surface area contributed by atoms with Gasteiger partial charge in [-0.3, -0.25) is 4.79 Å². The standard InChI is InChI=1S/C5H8O4/c1-9-5(8)4(7)2-3-6/h6H,2-3H2,1H3. The number of methoxy groups -OCH3 is 1. The van der Waals surface area contributed by atoms with Gasteiger partial charge in [0.05, 0.1) is 13.7 Å². The first kappa shape index (κ1) is 8.10. The smallest absolute Gasteiger partial charge is 0.374 e. The van der Waals surface area contributed by atoms with Crippen LogP contribution in [0.4, 0.5) is 0 Å². The van der Waals surface area contributed by atoms with E-state index in [1.165, 1.54) is 0 Å². The molecule has 0 aliphatic carbocycles. The van der Waals surface area contributed by atoms with E-state index in [0.717, 1.165) is 7.11 Å². The second-order valence-electron chi connectivity index (χ2n) is 1.39. The Balaban J connectivity index is 3.60. The molecule has 4 nitrogen and oxygen atoms in total. The molecule has 0 fully saturated rings. The van der Waals surface area contributed by atoms with Gasteiger partial charge in [0.25, 0.3) is 0 Å². The van der Waals surface area contributed by atoms with Gasteiger partial charge < -0.3 is 9.84 Å². The molecule has 0 atom stereocenters. The number of aliphatic hydroxyl groups is 1. The molecule has 1 N–H and O–H groups in total. The summed E-state index contributed by atoms with van der Waals surface area (Å²) in [6.07, 6.45) is -0.160. The lowest BCUT2D eigenvalue weighted by Crippen LogP contribution is -2.16. The number of aliphatic hydroxyl groups excluding tert-OH is 1. The zero-order valence-corrected chi connectivity index (χ0v) is 5.09. The van der Waals surface area contributed by atoms with Crippen molar-refractivity contribution in [3.8, 4) is 0 Å². The van der Waals surface area contributed by atoms with Crippen molar-refractivity contribution in [2.45, 2.75) is 6.42 Å². The number of carbonyl (C=O) groups excluding carboxylic acids is 2. The maximum Gasteiger partial charge on any atom is 0.374 e. The second kappa shape index (κ2) is 4.03. The fourth-order valence-electron chi connectivity index (χ4n) is 0.317. The molecular weight excluding hydrogens is 124 g/mol. The Morgan fingerprint density at radius 2 is 2.11 bits per heavy atom. The van der Waals surface area contributed by atoms with E-state index in [1.54, 1.807) is 0 Å². The van der Waals surface area contributed by atoms with Crippen molar-refractivity contribution in [3.63, 3.8) is 0 Å². The van der Waals surface area contributed by atoms with Crippen LogP contribution in [0.1, 0.15) is 6.42 Å². The third kappa shape index (κ3) is 2.81. The van der Waals surface area contributed by atoms with Gasteiger partial charge in [0.15, 0.2) is 0 Å². The van der Waals surface area contributed by atoms with Crippen LogP contribution in [0, 0.1) is 0 Å². The summed E-state index contributed by atoms with van der Waals surface area (Å²) >= 11 is 0. The summed E-state index contributed by atoms with van der Waals surface area (Å²) < 4.78 is 4.06. The van der Waals surface area contributed by atoms with E-state index in [9.17, 15) is 9.59 Å². The Labute approximate surface area is 52.4 Å². The Kier molecular flexibility index (Phi) is 3.62. The molecule has 0 spiro atoms. The lowest BCUT2D eigenvalue weighted by Gasteiger charge is -1.92. The van der Waals surface area contributed by atoms with Crippen molar-refractivity contribution >= 4 is 11.8 Å². The van der Waals surface area contributed by atoms with Crippen LogP contribution < -0.4 is 0 Å². The SMILES string of the molecule is COC(=O)C(=O)CCO. The van der Waals surface area contributed by atoms with Crippen LogP contribution in [0.2, 0.25) is 0 Å². The lowest BCUT2D eigenvalue weighted by molar-refractivity contribution is -0.151. The number of Topliss-reactive ketones (excluding diaryl/α,β-unsaturated/α-hetero) is 1. The molecule has 0 aromatic carbocycles. The van der Waals surface area contributed by atoms with Crippen molar-refractivity contribution in [2.24, 2.45) is 0 Å². The minimum atomic E-state index is -0.899. The van der Waals surface area contributed by atoms with Crippen LogP contribution in [0.5, 0.6) is 0 Å². The van der Waals surface area contributed by atoms with Gasteiger partial charge in [0.2, 0.25) is 5.78 Å². The molecule has 52 valence electrons. The van der Waals surface area contributed by atoms with Crippen LogP contribution in [-0.4, -0.2) is 30.6 Å². The van der Waals surface area contributed by atoms with Gasteiger partial charge in [0, 0.05) is 6.42 Å². The summed E-state index contributed by atoms with van der Waals surface area (Å²) in [7, 11) is 1.12. The van der Waals surface area contributed by atoms with Crippen molar-refractivity contribution in [2.75, 3.05) is 13.7 Å². The molecule has 0 aromatic rings. The highest BCUT2D eigenvalue weighted by molar-refractivity contribution is 6.33. The minimum absolute atomic E-state index is 0.160. The molecule has 0 heterocycles. The summed E-state index contributed by atoms with van der Waals surface area (Å²) in [5, 5.41) is 8.15. The predicted octanol–water partition coefficient (Wildman–Crippen LogP) is -0.889. The fourth-order valence-corrected chi connectivity index (χ4v) is 0.317. The number of hydrogen-bond acceptors (Lipinski definition) is 4. The molecule has 0 rings (SSSR count). The molecular formula is C5H8O4. The highest BCUT2D eigenvalue weighted by Gasteiger charge is 2.11.